The molecule has 106 valence electrons. The summed E-state index contributed by atoms with van der Waals surface area (Å²) < 4.78 is 0. The van der Waals surface area contributed by atoms with Crippen LogP contribution in [0.15, 0.2) is 55.1 Å². The Morgan fingerprint density at radius 1 is 1.15 bits per heavy atom. The van der Waals surface area contributed by atoms with Crippen LogP contribution in [0.25, 0.3) is 6.08 Å². The second-order valence-electron chi connectivity index (χ2n) is 4.07. The summed E-state index contributed by atoms with van der Waals surface area (Å²) in [7, 11) is 0. The fourth-order valence-electron chi connectivity index (χ4n) is 1.20. The average Bonchev–Trinajstić information content (AvgIpc) is 2.39. The predicted octanol–water partition coefficient (Wildman–Crippen LogP) is 3.16. The second-order valence-corrected chi connectivity index (χ2v) is 4.07. The molecule has 1 rings (SSSR count). The quantitative estimate of drug-likeness (QED) is 0.809. The molecule has 0 atom stereocenters. The topological polar surface area (TPSA) is 74.6 Å². The zero-order valence-corrected chi connectivity index (χ0v) is 11.4. The molecule has 1 aromatic carbocycles. The first-order chi connectivity index (χ1) is 9.29. The van der Waals surface area contributed by atoms with Crippen molar-refractivity contribution in [2.24, 2.45) is 0 Å². The molecule has 0 bridgehead atoms. The number of carboxylic acid groups (broad SMARTS) is 2. The third-order valence-corrected chi connectivity index (χ3v) is 2.35. The Balaban J connectivity index is 0.000000511. The molecular formula is C16H18O4. The van der Waals surface area contributed by atoms with E-state index in [0.717, 1.165) is 11.1 Å². The van der Waals surface area contributed by atoms with Gasteiger partial charge in [0.1, 0.15) is 0 Å². The highest BCUT2D eigenvalue weighted by atomic mass is 16.4. The molecular weight excluding hydrogens is 256 g/mol. The fourth-order valence-corrected chi connectivity index (χ4v) is 1.20. The third kappa shape index (κ3) is 6.35. The summed E-state index contributed by atoms with van der Waals surface area (Å²) in [5.41, 5.74) is 2.26. The molecule has 2 N–H and O–H groups in total. The number of carbonyl (C=O) groups is 2. The van der Waals surface area contributed by atoms with Crippen molar-refractivity contribution in [1.29, 1.82) is 0 Å². The van der Waals surface area contributed by atoms with E-state index in [4.69, 9.17) is 10.2 Å². The van der Waals surface area contributed by atoms with Crippen LogP contribution in [0.3, 0.4) is 0 Å². The van der Waals surface area contributed by atoms with Crippen LogP contribution < -0.4 is 0 Å². The number of hydrogen-bond acceptors (Lipinski definition) is 2. The molecule has 0 radical (unpaired) electrons. The lowest BCUT2D eigenvalue weighted by Gasteiger charge is -2.04. The molecule has 0 aliphatic rings. The van der Waals surface area contributed by atoms with E-state index >= 15 is 0 Å². The third-order valence-electron chi connectivity index (χ3n) is 2.35. The summed E-state index contributed by atoms with van der Waals surface area (Å²) in [6, 6.07) is 7.55. The largest absolute Gasteiger partial charge is 0.478 e. The highest BCUT2D eigenvalue weighted by Crippen LogP contribution is 2.13. The number of rotatable bonds is 5. The van der Waals surface area contributed by atoms with Crippen LogP contribution in [0.1, 0.15) is 18.1 Å². The minimum absolute atomic E-state index is 0.176. The van der Waals surface area contributed by atoms with E-state index in [1.165, 1.54) is 6.92 Å². The molecule has 0 aliphatic carbocycles. The molecule has 4 nitrogen and oxygen atoms in total. The van der Waals surface area contributed by atoms with E-state index in [9.17, 15) is 9.59 Å². The predicted molar refractivity (Wildman–Crippen MR) is 79.5 cm³/mol. The smallest absolute Gasteiger partial charge is 0.331 e. The lowest BCUT2D eigenvalue weighted by Crippen LogP contribution is -2.03. The van der Waals surface area contributed by atoms with Crippen LogP contribution in [0.2, 0.25) is 0 Å². The lowest BCUT2D eigenvalue weighted by atomic mass is 10.0. The first kappa shape index (κ1) is 17.4. The first-order valence-corrected chi connectivity index (χ1v) is 5.79. The van der Waals surface area contributed by atoms with Crippen LogP contribution in [0, 0.1) is 0 Å². The number of carboxylic acids is 2. The van der Waals surface area contributed by atoms with Gasteiger partial charge in [-0.15, -0.1) is 0 Å². The van der Waals surface area contributed by atoms with Crippen LogP contribution in [0.5, 0.6) is 0 Å². The maximum atomic E-state index is 10.6. The highest BCUT2D eigenvalue weighted by Gasteiger charge is 2.06. The van der Waals surface area contributed by atoms with Crippen molar-refractivity contribution >= 4 is 18.0 Å². The van der Waals surface area contributed by atoms with Crippen LogP contribution in [-0.4, -0.2) is 22.2 Å². The minimum atomic E-state index is -0.955. The molecule has 4 heteroatoms. The molecule has 0 aliphatic heterocycles. The van der Waals surface area contributed by atoms with Gasteiger partial charge >= 0.3 is 11.9 Å². The standard InChI is InChI=1S/C12H12O2.C4H6O2/c1-3-10-6-4-5-7-11(10)8-9(2)12(13)14;1-3(2)4(5)6/h3-7H,1-2,8H2,(H,13,14);1H2,2H3,(H,5,6). The van der Waals surface area contributed by atoms with E-state index in [-0.39, 0.29) is 11.1 Å². The summed E-state index contributed by atoms with van der Waals surface area (Å²) in [6.45, 7) is 11.8. The summed E-state index contributed by atoms with van der Waals surface area (Å²) in [6.07, 6.45) is 2.07. The lowest BCUT2D eigenvalue weighted by molar-refractivity contribution is -0.133. The average molecular weight is 274 g/mol. The molecule has 0 fully saturated rings. The Morgan fingerprint density at radius 3 is 2.05 bits per heavy atom. The van der Waals surface area contributed by atoms with Crippen molar-refractivity contribution < 1.29 is 19.8 Å². The number of hydrogen-bond donors (Lipinski definition) is 2. The minimum Gasteiger partial charge on any atom is -0.478 e. The van der Waals surface area contributed by atoms with Crippen molar-refractivity contribution in [1.82, 2.24) is 0 Å². The van der Waals surface area contributed by atoms with Crippen molar-refractivity contribution in [3.63, 3.8) is 0 Å². The van der Waals surface area contributed by atoms with Gasteiger partial charge in [-0.2, -0.15) is 0 Å². The summed E-state index contributed by atoms with van der Waals surface area (Å²) in [5.74, 6) is -1.89. The van der Waals surface area contributed by atoms with Gasteiger partial charge in [-0.05, 0) is 18.1 Å². The number of benzene rings is 1. The number of aliphatic carboxylic acids is 2. The molecule has 0 spiro atoms. The SMILES string of the molecule is C=C(C)C(=O)O.C=Cc1ccccc1CC(=C)C(=O)O. The fraction of sp³-hybridized carbons (Fsp3) is 0.125. The molecule has 0 aromatic heterocycles. The van der Waals surface area contributed by atoms with Crippen molar-refractivity contribution in [3.8, 4) is 0 Å². The maximum absolute atomic E-state index is 10.6. The van der Waals surface area contributed by atoms with Crippen LogP contribution in [-0.2, 0) is 16.0 Å². The van der Waals surface area contributed by atoms with Gasteiger partial charge in [0, 0.05) is 17.6 Å². The van der Waals surface area contributed by atoms with E-state index in [1.54, 1.807) is 6.08 Å². The van der Waals surface area contributed by atoms with E-state index in [0.29, 0.717) is 6.42 Å². The van der Waals surface area contributed by atoms with E-state index < -0.39 is 11.9 Å². The molecule has 0 unspecified atom stereocenters. The van der Waals surface area contributed by atoms with Gasteiger partial charge in [0.2, 0.25) is 0 Å². The van der Waals surface area contributed by atoms with Crippen LogP contribution >= 0.6 is 0 Å². The van der Waals surface area contributed by atoms with Gasteiger partial charge in [0.15, 0.2) is 0 Å². The second kappa shape index (κ2) is 8.48. The molecule has 20 heavy (non-hydrogen) atoms. The first-order valence-electron chi connectivity index (χ1n) is 5.79. The van der Waals surface area contributed by atoms with E-state index in [1.807, 2.05) is 24.3 Å². The highest BCUT2D eigenvalue weighted by molar-refractivity contribution is 5.86. The molecule has 0 saturated heterocycles. The Bertz CT molecular complexity index is 529. The Labute approximate surface area is 118 Å². The normalized spacial score (nSPS) is 8.85. The van der Waals surface area contributed by atoms with Gasteiger partial charge in [-0.3, -0.25) is 0 Å². The molecule has 1 aromatic rings. The summed E-state index contributed by atoms with van der Waals surface area (Å²) in [5, 5.41) is 16.6. The van der Waals surface area contributed by atoms with Gasteiger partial charge in [-0.1, -0.05) is 50.1 Å². The zero-order valence-electron chi connectivity index (χ0n) is 11.4. The molecule has 0 heterocycles. The van der Waals surface area contributed by atoms with Crippen LogP contribution in [0.4, 0.5) is 0 Å². The van der Waals surface area contributed by atoms with Crippen molar-refractivity contribution in [2.45, 2.75) is 13.3 Å². The summed E-state index contributed by atoms with van der Waals surface area (Å²) in [4.78, 5) is 20.2. The Morgan fingerprint density at radius 2 is 1.65 bits per heavy atom. The monoisotopic (exact) mass is 274 g/mol. The van der Waals surface area contributed by atoms with E-state index in [2.05, 4.69) is 19.7 Å². The van der Waals surface area contributed by atoms with Crippen molar-refractivity contribution in [2.75, 3.05) is 0 Å². The van der Waals surface area contributed by atoms with Gasteiger partial charge in [0.25, 0.3) is 0 Å². The Hall–Kier alpha value is -2.62. The Kier molecular flexibility index (Phi) is 7.37. The molecule has 0 amide bonds. The zero-order chi connectivity index (χ0) is 15.7. The van der Waals surface area contributed by atoms with Gasteiger partial charge in [0.05, 0.1) is 0 Å². The maximum Gasteiger partial charge on any atom is 0.331 e. The van der Waals surface area contributed by atoms with Gasteiger partial charge < -0.3 is 10.2 Å². The van der Waals surface area contributed by atoms with Gasteiger partial charge in [-0.25, -0.2) is 9.59 Å². The van der Waals surface area contributed by atoms with Crippen molar-refractivity contribution in [3.05, 3.63) is 66.3 Å². The molecule has 0 saturated carbocycles. The summed E-state index contributed by atoms with van der Waals surface area (Å²) >= 11 is 0.